The SMILES string of the molecule is Clc1ccccc1-c1nc2cccnc2o1. The van der Waals surface area contributed by atoms with Gasteiger partial charge < -0.3 is 4.42 Å². The molecule has 78 valence electrons. The molecule has 0 aliphatic carbocycles. The Bertz CT molecular complexity index is 615. The van der Waals surface area contributed by atoms with Crippen molar-refractivity contribution < 1.29 is 4.42 Å². The van der Waals surface area contributed by atoms with Crippen molar-refractivity contribution in [2.24, 2.45) is 0 Å². The number of nitrogens with zero attached hydrogens (tertiary/aromatic N) is 2. The highest BCUT2D eigenvalue weighted by Gasteiger charge is 2.10. The largest absolute Gasteiger partial charge is 0.418 e. The number of pyridine rings is 1. The van der Waals surface area contributed by atoms with Gasteiger partial charge in [-0.25, -0.2) is 9.97 Å². The van der Waals surface area contributed by atoms with E-state index in [1.807, 2.05) is 30.3 Å². The van der Waals surface area contributed by atoms with Crippen LogP contribution in [-0.2, 0) is 0 Å². The molecule has 0 unspecified atom stereocenters. The van der Waals surface area contributed by atoms with E-state index in [4.69, 9.17) is 16.0 Å². The van der Waals surface area contributed by atoms with Gasteiger partial charge in [-0.1, -0.05) is 23.7 Å². The highest BCUT2D eigenvalue weighted by atomic mass is 35.5. The molecule has 4 heteroatoms. The Balaban J connectivity index is 2.23. The average Bonchev–Trinajstić information content (AvgIpc) is 2.73. The molecule has 0 spiro atoms. The minimum Gasteiger partial charge on any atom is -0.418 e. The molecule has 0 N–H and O–H groups in total. The van der Waals surface area contributed by atoms with Gasteiger partial charge in [0.2, 0.25) is 11.6 Å². The maximum atomic E-state index is 6.07. The average molecular weight is 231 g/mol. The van der Waals surface area contributed by atoms with Gasteiger partial charge >= 0.3 is 0 Å². The monoisotopic (exact) mass is 230 g/mol. The molecule has 0 bridgehead atoms. The van der Waals surface area contributed by atoms with E-state index in [-0.39, 0.29) is 0 Å². The van der Waals surface area contributed by atoms with Gasteiger partial charge in [0.1, 0.15) is 5.52 Å². The van der Waals surface area contributed by atoms with Crippen LogP contribution in [0.4, 0.5) is 0 Å². The molecule has 2 heterocycles. The molecule has 0 aliphatic heterocycles. The molecule has 0 saturated heterocycles. The van der Waals surface area contributed by atoms with Crippen LogP contribution in [0.1, 0.15) is 0 Å². The summed E-state index contributed by atoms with van der Waals surface area (Å²) < 4.78 is 5.53. The number of benzene rings is 1. The first-order valence-corrected chi connectivity index (χ1v) is 5.19. The van der Waals surface area contributed by atoms with Gasteiger partial charge in [0.05, 0.1) is 10.6 Å². The summed E-state index contributed by atoms with van der Waals surface area (Å²) in [7, 11) is 0. The lowest BCUT2D eigenvalue weighted by Gasteiger charge is -1.96. The zero-order chi connectivity index (χ0) is 11.0. The maximum Gasteiger partial charge on any atom is 0.247 e. The molecule has 0 atom stereocenters. The minimum absolute atomic E-state index is 0.499. The van der Waals surface area contributed by atoms with E-state index in [9.17, 15) is 0 Å². The first-order valence-electron chi connectivity index (χ1n) is 4.81. The Morgan fingerprint density at radius 2 is 1.94 bits per heavy atom. The van der Waals surface area contributed by atoms with Crippen LogP contribution < -0.4 is 0 Å². The van der Waals surface area contributed by atoms with E-state index >= 15 is 0 Å². The normalized spacial score (nSPS) is 10.8. The lowest BCUT2D eigenvalue weighted by atomic mass is 10.2. The second-order valence-electron chi connectivity index (χ2n) is 3.33. The van der Waals surface area contributed by atoms with E-state index in [1.165, 1.54) is 0 Å². The van der Waals surface area contributed by atoms with Crippen LogP contribution in [0.15, 0.2) is 47.0 Å². The second-order valence-corrected chi connectivity index (χ2v) is 3.73. The number of hydrogen-bond acceptors (Lipinski definition) is 3. The van der Waals surface area contributed by atoms with Crippen LogP contribution in [0.3, 0.4) is 0 Å². The summed E-state index contributed by atoms with van der Waals surface area (Å²) in [5.74, 6) is 0.499. The van der Waals surface area contributed by atoms with Crippen molar-refractivity contribution in [3.8, 4) is 11.5 Å². The van der Waals surface area contributed by atoms with Crippen LogP contribution in [0, 0.1) is 0 Å². The molecule has 3 nitrogen and oxygen atoms in total. The van der Waals surface area contributed by atoms with Crippen molar-refractivity contribution in [1.82, 2.24) is 9.97 Å². The molecule has 1 aromatic carbocycles. The second kappa shape index (κ2) is 3.61. The van der Waals surface area contributed by atoms with E-state index in [2.05, 4.69) is 9.97 Å². The van der Waals surface area contributed by atoms with Crippen molar-refractivity contribution in [3.05, 3.63) is 47.6 Å². The highest BCUT2D eigenvalue weighted by molar-refractivity contribution is 6.33. The van der Waals surface area contributed by atoms with Crippen LogP contribution in [0.2, 0.25) is 5.02 Å². The van der Waals surface area contributed by atoms with Crippen LogP contribution in [0.25, 0.3) is 22.7 Å². The zero-order valence-corrected chi connectivity index (χ0v) is 8.98. The molecule has 0 amide bonds. The number of oxazole rings is 1. The smallest absolute Gasteiger partial charge is 0.247 e. The number of aromatic nitrogens is 2. The third kappa shape index (κ3) is 1.46. The molecule has 0 aliphatic rings. The summed E-state index contributed by atoms with van der Waals surface area (Å²) in [4.78, 5) is 8.41. The molecule has 0 fully saturated rings. The standard InChI is InChI=1S/C12H7ClN2O/c13-9-5-2-1-4-8(9)11-15-10-6-3-7-14-12(10)16-11/h1-7H. The van der Waals surface area contributed by atoms with Crippen LogP contribution in [-0.4, -0.2) is 9.97 Å². The van der Waals surface area contributed by atoms with Gasteiger partial charge in [0.15, 0.2) is 0 Å². The Morgan fingerprint density at radius 3 is 2.75 bits per heavy atom. The van der Waals surface area contributed by atoms with Gasteiger partial charge in [-0.3, -0.25) is 0 Å². The molecule has 3 rings (SSSR count). The molecule has 0 saturated carbocycles. The molecular weight excluding hydrogens is 224 g/mol. The third-order valence-electron chi connectivity index (χ3n) is 2.27. The first kappa shape index (κ1) is 9.36. The Hall–Kier alpha value is -1.87. The van der Waals surface area contributed by atoms with E-state index < -0.39 is 0 Å². The Morgan fingerprint density at radius 1 is 1.06 bits per heavy atom. The quantitative estimate of drug-likeness (QED) is 0.642. The molecule has 2 aromatic heterocycles. The highest BCUT2D eigenvalue weighted by Crippen LogP contribution is 2.28. The minimum atomic E-state index is 0.499. The van der Waals surface area contributed by atoms with E-state index in [0.29, 0.717) is 16.6 Å². The van der Waals surface area contributed by atoms with Gasteiger partial charge in [-0.2, -0.15) is 0 Å². The van der Waals surface area contributed by atoms with Crippen molar-refractivity contribution in [2.45, 2.75) is 0 Å². The maximum absolute atomic E-state index is 6.07. The van der Waals surface area contributed by atoms with Crippen molar-refractivity contribution in [3.63, 3.8) is 0 Å². The Kier molecular flexibility index (Phi) is 2.11. The predicted octanol–water partition coefficient (Wildman–Crippen LogP) is 3.54. The summed E-state index contributed by atoms with van der Waals surface area (Å²) in [5, 5.41) is 0.619. The molecular formula is C12H7ClN2O. The number of rotatable bonds is 1. The predicted molar refractivity (Wildman–Crippen MR) is 62.3 cm³/mol. The Labute approximate surface area is 96.7 Å². The fraction of sp³-hybridized carbons (Fsp3) is 0. The lowest BCUT2D eigenvalue weighted by molar-refractivity contribution is 0.608. The third-order valence-corrected chi connectivity index (χ3v) is 2.60. The van der Waals surface area contributed by atoms with Crippen molar-refractivity contribution in [1.29, 1.82) is 0 Å². The first-order chi connectivity index (χ1) is 7.84. The van der Waals surface area contributed by atoms with Gasteiger partial charge in [-0.05, 0) is 24.3 Å². The topological polar surface area (TPSA) is 38.9 Å². The number of fused-ring (bicyclic) bond motifs is 1. The molecule has 0 radical (unpaired) electrons. The van der Waals surface area contributed by atoms with Gasteiger partial charge in [0.25, 0.3) is 0 Å². The summed E-state index contributed by atoms with van der Waals surface area (Å²) in [6.07, 6.45) is 1.67. The summed E-state index contributed by atoms with van der Waals surface area (Å²) in [5.41, 5.74) is 2.04. The lowest BCUT2D eigenvalue weighted by Crippen LogP contribution is -1.77. The van der Waals surface area contributed by atoms with Gasteiger partial charge in [-0.15, -0.1) is 0 Å². The fourth-order valence-corrected chi connectivity index (χ4v) is 1.74. The van der Waals surface area contributed by atoms with E-state index in [1.54, 1.807) is 12.3 Å². The van der Waals surface area contributed by atoms with Crippen molar-refractivity contribution >= 4 is 22.8 Å². The van der Waals surface area contributed by atoms with Crippen LogP contribution >= 0.6 is 11.6 Å². The molecule has 3 aromatic rings. The number of halogens is 1. The zero-order valence-electron chi connectivity index (χ0n) is 8.22. The summed E-state index contributed by atoms with van der Waals surface area (Å²) >= 11 is 6.07. The fourth-order valence-electron chi connectivity index (χ4n) is 1.52. The summed E-state index contributed by atoms with van der Waals surface area (Å²) in [6, 6.07) is 11.1. The summed E-state index contributed by atoms with van der Waals surface area (Å²) in [6.45, 7) is 0. The van der Waals surface area contributed by atoms with Crippen LogP contribution in [0.5, 0.6) is 0 Å². The molecule has 16 heavy (non-hydrogen) atoms. The van der Waals surface area contributed by atoms with Crippen molar-refractivity contribution in [2.75, 3.05) is 0 Å². The number of hydrogen-bond donors (Lipinski definition) is 0. The van der Waals surface area contributed by atoms with Gasteiger partial charge in [0, 0.05) is 6.20 Å². The van der Waals surface area contributed by atoms with E-state index in [0.717, 1.165) is 11.1 Å².